The fraction of sp³-hybridized carbons (Fsp3) is 0.250. The van der Waals surface area contributed by atoms with Crippen LogP contribution in [0.5, 0.6) is 0 Å². The monoisotopic (exact) mass is 261 g/mol. The SMILES string of the molecule is Cc1ccnc(C(=O)N(CCF)c2cccnn2)n1. The molecule has 19 heavy (non-hydrogen) atoms. The van der Waals surface area contributed by atoms with Gasteiger partial charge in [0.05, 0.1) is 6.54 Å². The topological polar surface area (TPSA) is 71.9 Å². The van der Waals surface area contributed by atoms with Crippen LogP contribution in [0.3, 0.4) is 0 Å². The molecule has 0 unspecified atom stereocenters. The summed E-state index contributed by atoms with van der Waals surface area (Å²) >= 11 is 0. The maximum absolute atomic E-state index is 12.6. The number of hydrogen-bond donors (Lipinski definition) is 0. The van der Waals surface area contributed by atoms with Crippen LogP contribution in [0.15, 0.2) is 30.6 Å². The van der Waals surface area contributed by atoms with Gasteiger partial charge in [-0.15, -0.1) is 5.10 Å². The van der Waals surface area contributed by atoms with Crippen LogP contribution in [-0.4, -0.2) is 39.3 Å². The van der Waals surface area contributed by atoms with Crippen LogP contribution in [-0.2, 0) is 0 Å². The average Bonchev–Trinajstić information content (AvgIpc) is 2.45. The fourth-order valence-corrected chi connectivity index (χ4v) is 1.51. The molecule has 0 aliphatic carbocycles. The van der Waals surface area contributed by atoms with Crippen molar-refractivity contribution in [2.75, 3.05) is 18.1 Å². The Hall–Kier alpha value is -2.44. The van der Waals surface area contributed by atoms with Gasteiger partial charge in [0.2, 0.25) is 5.82 Å². The van der Waals surface area contributed by atoms with E-state index in [1.54, 1.807) is 25.1 Å². The van der Waals surface area contributed by atoms with Crippen LogP contribution in [0, 0.1) is 6.92 Å². The summed E-state index contributed by atoms with van der Waals surface area (Å²) in [5.74, 6) is -0.212. The van der Waals surface area contributed by atoms with Gasteiger partial charge in [0.1, 0.15) is 6.67 Å². The largest absolute Gasteiger partial charge is 0.297 e. The highest BCUT2D eigenvalue weighted by atomic mass is 19.1. The van der Waals surface area contributed by atoms with Crippen molar-refractivity contribution in [2.24, 2.45) is 0 Å². The Kier molecular flexibility index (Phi) is 4.07. The quantitative estimate of drug-likeness (QED) is 0.826. The molecule has 0 aliphatic rings. The number of anilines is 1. The summed E-state index contributed by atoms with van der Waals surface area (Å²) in [5.41, 5.74) is 0.665. The smallest absolute Gasteiger partial charge is 0.286 e. The molecular formula is C12H12FN5O. The van der Waals surface area contributed by atoms with Gasteiger partial charge in [-0.1, -0.05) is 0 Å². The molecule has 0 atom stereocenters. The van der Waals surface area contributed by atoms with Gasteiger partial charge < -0.3 is 0 Å². The maximum Gasteiger partial charge on any atom is 0.297 e. The molecule has 0 N–H and O–H groups in total. The van der Waals surface area contributed by atoms with Gasteiger partial charge in [-0.25, -0.2) is 14.4 Å². The molecule has 0 fully saturated rings. The van der Waals surface area contributed by atoms with Crippen molar-refractivity contribution in [3.63, 3.8) is 0 Å². The number of hydrogen-bond acceptors (Lipinski definition) is 5. The highest BCUT2D eigenvalue weighted by Crippen LogP contribution is 2.11. The van der Waals surface area contributed by atoms with Crippen molar-refractivity contribution in [1.82, 2.24) is 20.2 Å². The average molecular weight is 261 g/mol. The Labute approximate surface area is 109 Å². The van der Waals surface area contributed by atoms with Crippen LogP contribution >= 0.6 is 0 Å². The number of rotatable bonds is 4. The van der Waals surface area contributed by atoms with Gasteiger partial charge in [-0.05, 0) is 25.1 Å². The summed E-state index contributed by atoms with van der Waals surface area (Å²) in [5, 5.41) is 7.47. The van der Waals surface area contributed by atoms with Gasteiger partial charge in [-0.3, -0.25) is 9.69 Å². The Morgan fingerprint density at radius 2 is 2.21 bits per heavy atom. The molecule has 0 aliphatic heterocycles. The third-order valence-corrected chi connectivity index (χ3v) is 2.37. The summed E-state index contributed by atoms with van der Waals surface area (Å²) in [6.45, 7) is 0.948. The van der Waals surface area contributed by atoms with E-state index in [-0.39, 0.29) is 18.2 Å². The Balaban J connectivity index is 2.32. The first-order valence-electron chi connectivity index (χ1n) is 5.67. The molecule has 2 rings (SSSR count). The van der Waals surface area contributed by atoms with Crippen molar-refractivity contribution in [1.29, 1.82) is 0 Å². The lowest BCUT2D eigenvalue weighted by molar-refractivity contribution is 0.0973. The number of halogens is 1. The molecular weight excluding hydrogens is 249 g/mol. The minimum atomic E-state index is -0.686. The molecule has 0 saturated carbocycles. The number of carbonyl (C=O) groups excluding carboxylic acids is 1. The van der Waals surface area contributed by atoms with Gasteiger partial charge in [0.15, 0.2) is 5.82 Å². The van der Waals surface area contributed by atoms with E-state index >= 15 is 0 Å². The summed E-state index contributed by atoms with van der Waals surface area (Å²) in [6.07, 6.45) is 2.96. The predicted octanol–water partition coefficient (Wildman–Crippen LogP) is 1.19. The summed E-state index contributed by atoms with van der Waals surface area (Å²) in [6, 6.07) is 4.88. The first-order chi connectivity index (χ1) is 9.22. The highest BCUT2D eigenvalue weighted by molar-refractivity contribution is 6.02. The van der Waals surface area contributed by atoms with Crippen molar-refractivity contribution in [2.45, 2.75) is 6.92 Å². The normalized spacial score (nSPS) is 10.2. The lowest BCUT2D eigenvalue weighted by Crippen LogP contribution is -2.35. The van der Waals surface area contributed by atoms with E-state index < -0.39 is 12.6 Å². The third-order valence-electron chi connectivity index (χ3n) is 2.37. The molecule has 0 bridgehead atoms. The van der Waals surface area contributed by atoms with E-state index in [0.29, 0.717) is 5.69 Å². The molecule has 7 heteroatoms. The van der Waals surface area contributed by atoms with Crippen LogP contribution in [0.1, 0.15) is 16.3 Å². The Morgan fingerprint density at radius 3 is 2.84 bits per heavy atom. The zero-order valence-corrected chi connectivity index (χ0v) is 10.3. The van der Waals surface area contributed by atoms with Gasteiger partial charge in [0.25, 0.3) is 5.91 Å². The minimum Gasteiger partial charge on any atom is -0.286 e. The summed E-state index contributed by atoms with van der Waals surface area (Å²) in [4.78, 5) is 21.3. The van der Waals surface area contributed by atoms with E-state index in [1.807, 2.05) is 0 Å². The third kappa shape index (κ3) is 3.06. The zero-order valence-electron chi connectivity index (χ0n) is 10.3. The van der Waals surface area contributed by atoms with Crippen molar-refractivity contribution in [3.05, 3.63) is 42.1 Å². The van der Waals surface area contributed by atoms with Crippen LogP contribution in [0.2, 0.25) is 0 Å². The second-order valence-corrected chi connectivity index (χ2v) is 3.75. The highest BCUT2D eigenvalue weighted by Gasteiger charge is 2.21. The predicted molar refractivity (Wildman–Crippen MR) is 66.5 cm³/mol. The molecule has 2 heterocycles. The molecule has 0 radical (unpaired) electrons. The van der Waals surface area contributed by atoms with Crippen molar-refractivity contribution < 1.29 is 9.18 Å². The molecule has 0 aromatic carbocycles. The number of nitrogens with zero attached hydrogens (tertiary/aromatic N) is 5. The van der Waals surface area contributed by atoms with Crippen LogP contribution < -0.4 is 4.90 Å². The van der Waals surface area contributed by atoms with Crippen molar-refractivity contribution >= 4 is 11.7 Å². The molecule has 2 aromatic rings. The number of carbonyl (C=O) groups is 1. The van der Waals surface area contributed by atoms with Crippen LogP contribution in [0.4, 0.5) is 10.2 Å². The van der Waals surface area contributed by atoms with E-state index in [1.165, 1.54) is 17.3 Å². The molecule has 0 spiro atoms. The Morgan fingerprint density at radius 1 is 1.37 bits per heavy atom. The number of alkyl halides is 1. The van der Waals surface area contributed by atoms with Gasteiger partial charge >= 0.3 is 0 Å². The zero-order chi connectivity index (χ0) is 13.7. The number of aromatic nitrogens is 4. The Bertz CT molecular complexity index is 563. The van der Waals surface area contributed by atoms with Crippen LogP contribution in [0.25, 0.3) is 0 Å². The molecule has 1 amide bonds. The van der Waals surface area contributed by atoms with Crippen molar-refractivity contribution in [3.8, 4) is 0 Å². The lowest BCUT2D eigenvalue weighted by Gasteiger charge is -2.18. The maximum atomic E-state index is 12.6. The summed E-state index contributed by atoms with van der Waals surface area (Å²) < 4.78 is 12.6. The van der Waals surface area contributed by atoms with Gasteiger partial charge in [-0.2, -0.15) is 5.10 Å². The van der Waals surface area contributed by atoms with E-state index in [4.69, 9.17) is 0 Å². The molecule has 2 aromatic heterocycles. The fourth-order valence-electron chi connectivity index (χ4n) is 1.51. The lowest BCUT2D eigenvalue weighted by atomic mass is 10.3. The second kappa shape index (κ2) is 5.94. The molecule has 6 nitrogen and oxygen atoms in total. The molecule has 0 saturated heterocycles. The van der Waals surface area contributed by atoms with E-state index in [2.05, 4.69) is 20.2 Å². The summed E-state index contributed by atoms with van der Waals surface area (Å²) in [7, 11) is 0. The van der Waals surface area contributed by atoms with E-state index in [0.717, 1.165) is 0 Å². The number of amides is 1. The van der Waals surface area contributed by atoms with E-state index in [9.17, 15) is 9.18 Å². The number of aryl methyl sites for hydroxylation is 1. The molecule has 98 valence electrons. The minimum absolute atomic E-state index is 0.0131. The standard InChI is InChI=1S/C12H12FN5O/c1-9-4-7-14-11(16-9)12(19)18(8-5-13)10-3-2-6-15-17-10/h2-4,6-7H,5,8H2,1H3. The second-order valence-electron chi connectivity index (χ2n) is 3.75. The first-order valence-corrected chi connectivity index (χ1v) is 5.67. The van der Waals surface area contributed by atoms with Gasteiger partial charge in [0, 0.05) is 18.1 Å². The first kappa shape index (κ1) is 13.0.